The van der Waals surface area contributed by atoms with Gasteiger partial charge in [-0.1, -0.05) is 71.1 Å². The Kier molecular flexibility index (Phi) is 15.2. The zero-order valence-corrected chi connectivity index (χ0v) is 14.4. The molecule has 0 saturated heterocycles. The minimum atomic E-state index is 0.328. The summed E-state index contributed by atoms with van der Waals surface area (Å²) in [5, 5.41) is 0. The lowest BCUT2D eigenvalue weighted by Gasteiger charge is -2.03. The van der Waals surface area contributed by atoms with Crippen molar-refractivity contribution in [3.63, 3.8) is 0 Å². The molecule has 0 aliphatic carbocycles. The van der Waals surface area contributed by atoms with Crippen molar-refractivity contribution in [1.29, 1.82) is 0 Å². The molecular formula is C19H36O2. The van der Waals surface area contributed by atoms with Gasteiger partial charge in [0.05, 0.1) is 0 Å². The van der Waals surface area contributed by atoms with Gasteiger partial charge in [-0.15, -0.1) is 0 Å². The van der Waals surface area contributed by atoms with Crippen LogP contribution in [0.4, 0.5) is 0 Å². The Bertz CT molecular complexity index is 258. The summed E-state index contributed by atoms with van der Waals surface area (Å²) in [5.41, 5.74) is 0. The van der Waals surface area contributed by atoms with E-state index in [0.717, 1.165) is 25.7 Å². The number of rotatable bonds is 16. The third-order valence-electron chi connectivity index (χ3n) is 4.13. The van der Waals surface area contributed by atoms with Crippen LogP contribution in [-0.4, -0.2) is 11.6 Å². The number of unbranched alkanes of at least 4 members (excludes halogenated alkanes) is 11. The molecular weight excluding hydrogens is 260 g/mol. The fourth-order valence-corrected chi connectivity index (χ4v) is 2.64. The standard InChI is InChI=1S/C19H36O2/c1-3-19(21)17-15-13-11-9-7-5-4-6-8-10-12-14-16-18(2)20/h3-17H2,1-2H3. The Balaban J connectivity index is 3.02. The summed E-state index contributed by atoms with van der Waals surface area (Å²) < 4.78 is 0. The van der Waals surface area contributed by atoms with Gasteiger partial charge in [-0.3, -0.25) is 4.79 Å². The molecule has 0 aliphatic heterocycles. The van der Waals surface area contributed by atoms with E-state index >= 15 is 0 Å². The predicted molar refractivity (Wildman–Crippen MR) is 90.6 cm³/mol. The maximum atomic E-state index is 11.1. The molecule has 0 aliphatic rings. The largest absolute Gasteiger partial charge is 0.300 e. The molecule has 0 unspecified atom stereocenters. The zero-order chi connectivity index (χ0) is 15.8. The summed E-state index contributed by atoms with van der Waals surface area (Å²) in [6.07, 6.45) is 17.6. The quantitative estimate of drug-likeness (QED) is 0.326. The van der Waals surface area contributed by atoms with E-state index in [1.165, 1.54) is 64.2 Å². The van der Waals surface area contributed by atoms with Crippen molar-refractivity contribution in [2.45, 2.75) is 110 Å². The third-order valence-corrected chi connectivity index (χ3v) is 4.13. The molecule has 0 aromatic rings. The van der Waals surface area contributed by atoms with Crippen molar-refractivity contribution >= 4 is 11.6 Å². The van der Waals surface area contributed by atoms with Gasteiger partial charge >= 0.3 is 0 Å². The molecule has 0 saturated carbocycles. The van der Waals surface area contributed by atoms with Crippen LogP contribution < -0.4 is 0 Å². The molecule has 0 bridgehead atoms. The highest BCUT2D eigenvalue weighted by molar-refractivity contribution is 5.77. The summed E-state index contributed by atoms with van der Waals surface area (Å²) in [4.78, 5) is 21.9. The number of ketones is 2. The maximum Gasteiger partial charge on any atom is 0.132 e. The monoisotopic (exact) mass is 296 g/mol. The van der Waals surface area contributed by atoms with E-state index in [1.54, 1.807) is 6.92 Å². The SMILES string of the molecule is CCC(=O)CCCCCCCCCCCCCCC(C)=O. The Morgan fingerprint density at radius 3 is 1.24 bits per heavy atom. The van der Waals surface area contributed by atoms with Gasteiger partial charge in [0.2, 0.25) is 0 Å². The molecule has 0 heterocycles. The van der Waals surface area contributed by atoms with Gasteiger partial charge in [0.15, 0.2) is 0 Å². The van der Waals surface area contributed by atoms with Crippen LogP contribution in [0.25, 0.3) is 0 Å². The fourth-order valence-electron chi connectivity index (χ4n) is 2.64. The molecule has 2 heteroatoms. The first kappa shape index (κ1) is 20.3. The molecule has 0 radical (unpaired) electrons. The molecule has 21 heavy (non-hydrogen) atoms. The minimum Gasteiger partial charge on any atom is -0.300 e. The summed E-state index contributed by atoms with van der Waals surface area (Å²) in [7, 11) is 0. The van der Waals surface area contributed by atoms with Gasteiger partial charge in [-0.25, -0.2) is 0 Å². The van der Waals surface area contributed by atoms with Crippen molar-refractivity contribution in [3.8, 4) is 0 Å². The van der Waals surface area contributed by atoms with E-state index in [4.69, 9.17) is 0 Å². The third kappa shape index (κ3) is 17.3. The van der Waals surface area contributed by atoms with Crippen LogP contribution >= 0.6 is 0 Å². The van der Waals surface area contributed by atoms with Gasteiger partial charge in [-0.05, 0) is 19.8 Å². The zero-order valence-electron chi connectivity index (χ0n) is 14.4. The van der Waals surface area contributed by atoms with Crippen LogP contribution in [0.1, 0.15) is 110 Å². The lowest BCUT2D eigenvalue weighted by molar-refractivity contribution is -0.119. The van der Waals surface area contributed by atoms with Gasteiger partial charge in [0.25, 0.3) is 0 Å². The van der Waals surface area contributed by atoms with Gasteiger partial charge in [0.1, 0.15) is 11.6 Å². The number of carbonyl (C=O) groups excluding carboxylic acids is 2. The number of carbonyl (C=O) groups is 2. The second kappa shape index (κ2) is 15.7. The second-order valence-corrected chi connectivity index (χ2v) is 6.34. The average molecular weight is 296 g/mol. The summed E-state index contributed by atoms with van der Waals surface area (Å²) in [6, 6.07) is 0. The van der Waals surface area contributed by atoms with Crippen molar-refractivity contribution in [1.82, 2.24) is 0 Å². The van der Waals surface area contributed by atoms with E-state index in [9.17, 15) is 9.59 Å². The average Bonchev–Trinajstić information content (AvgIpc) is 2.46. The molecule has 0 rings (SSSR count). The molecule has 2 nitrogen and oxygen atoms in total. The number of hydrogen-bond donors (Lipinski definition) is 0. The molecule has 0 amide bonds. The molecule has 0 fully saturated rings. The van der Waals surface area contributed by atoms with E-state index in [-0.39, 0.29) is 0 Å². The summed E-state index contributed by atoms with van der Waals surface area (Å²) in [6.45, 7) is 3.63. The Morgan fingerprint density at radius 2 is 0.905 bits per heavy atom. The number of hydrogen-bond acceptors (Lipinski definition) is 2. The van der Waals surface area contributed by atoms with Crippen molar-refractivity contribution in [2.75, 3.05) is 0 Å². The van der Waals surface area contributed by atoms with Crippen LogP contribution in [0.2, 0.25) is 0 Å². The van der Waals surface area contributed by atoms with Crippen molar-refractivity contribution in [3.05, 3.63) is 0 Å². The normalized spacial score (nSPS) is 10.8. The minimum absolute atomic E-state index is 0.328. The second-order valence-electron chi connectivity index (χ2n) is 6.34. The highest BCUT2D eigenvalue weighted by atomic mass is 16.1. The van der Waals surface area contributed by atoms with Crippen LogP contribution in [0.5, 0.6) is 0 Å². The molecule has 0 aromatic heterocycles. The van der Waals surface area contributed by atoms with Crippen LogP contribution in [0, 0.1) is 0 Å². The smallest absolute Gasteiger partial charge is 0.132 e. The maximum absolute atomic E-state index is 11.1. The van der Waals surface area contributed by atoms with E-state index in [2.05, 4.69) is 0 Å². The molecule has 124 valence electrons. The van der Waals surface area contributed by atoms with E-state index < -0.39 is 0 Å². The van der Waals surface area contributed by atoms with Gasteiger partial charge in [0, 0.05) is 19.3 Å². The first-order valence-electron chi connectivity index (χ1n) is 9.18. The molecule has 0 aromatic carbocycles. The highest BCUT2D eigenvalue weighted by Crippen LogP contribution is 2.13. The molecule has 0 spiro atoms. The number of Topliss-reactive ketones (excluding diaryl/α,β-unsaturated/α-hetero) is 2. The fraction of sp³-hybridized carbons (Fsp3) is 0.895. The van der Waals surface area contributed by atoms with E-state index in [0.29, 0.717) is 18.0 Å². The van der Waals surface area contributed by atoms with E-state index in [1.807, 2.05) is 6.92 Å². The topological polar surface area (TPSA) is 34.1 Å². The summed E-state index contributed by atoms with van der Waals surface area (Å²) in [5.74, 6) is 0.743. The van der Waals surface area contributed by atoms with Crippen molar-refractivity contribution < 1.29 is 9.59 Å². The van der Waals surface area contributed by atoms with Crippen LogP contribution in [0.3, 0.4) is 0 Å². The lowest BCUT2D eigenvalue weighted by Crippen LogP contribution is -1.94. The predicted octanol–water partition coefficient (Wildman–Crippen LogP) is 6.02. The van der Waals surface area contributed by atoms with Gasteiger partial charge < -0.3 is 4.79 Å². The molecule has 0 N–H and O–H groups in total. The Labute approximate surface area is 132 Å². The Hall–Kier alpha value is -0.660. The molecule has 0 atom stereocenters. The summed E-state index contributed by atoms with van der Waals surface area (Å²) >= 11 is 0. The highest BCUT2D eigenvalue weighted by Gasteiger charge is 1.98. The first-order chi connectivity index (χ1) is 10.2. The van der Waals surface area contributed by atoms with Gasteiger partial charge in [-0.2, -0.15) is 0 Å². The van der Waals surface area contributed by atoms with Crippen LogP contribution in [-0.2, 0) is 9.59 Å². The van der Waals surface area contributed by atoms with Crippen molar-refractivity contribution in [2.24, 2.45) is 0 Å². The van der Waals surface area contributed by atoms with Crippen LogP contribution in [0.15, 0.2) is 0 Å². The lowest BCUT2D eigenvalue weighted by atomic mass is 10.0. The Morgan fingerprint density at radius 1 is 0.571 bits per heavy atom. The first-order valence-corrected chi connectivity index (χ1v) is 9.18.